The zero-order valence-corrected chi connectivity index (χ0v) is 9.97. The molecule has 2 N–H and O–H groups in total. The molecule has 1 nitrogen and oxygen atoms in total. The molecule has 0 aliphatic rings. The average molecular weight is 209 g/mol. The van der Waals surface area contributed by atoms with Crippen molar-refractivity contribution in [3.05, 3.63) is 35.1 Å². The van der Waals surface area contributed by atoms with Crippen molar-refractivity contribution >= 4 is 0 Å². The zero-order valence-electron chi connectivity index (χ0n) is 9.97. The lowest BCUT2D eigenvalue weighted by atomic mass is 9.79. The summed E-state index contributed by atoms with van der Waals surface area (Å²) < 4.78 is 13.4. The van der Waals surface area contributed by atoms with Gasteiger partial charge in [0.15, 0.2) is 0 Å². The summed E-state index contributed by atoms with van der Waals surface area (Å²) in [7, 11) is 0. The number of nitrogens with two attached hydrogens (primary N) is 1. The minimum atomic E-state index is -0.171. The van der Waals surface area contributed by atoms with Crippen LogP contribution in [0.2, 0.25) is 0 Å². The van der Waals surface area contributed by atoms with Crippen LogP contribution in [0.15, 0.2) is 18.2 Å². The molecule has 1 aromatic rings. The molecule has 1 aromatic carbocycles. The minimum absolute atomic E-state index is 0.00168. The van der Waals surface area contributed by atoms with Crippen LogP contribution in [-0.2, 0) is 0 Å². The summed E-state index contributed by atoms with van der Waals surface area (Å²) in [5.41, 5.74) is 7.68. The average Bonchev–Trinajstić information content (AvgIpc) is 2.21. The summed E-state index contributed by atoms with van der Waals surface area (Å²) in [5, 5.41) is 0. The Morgan fingerprint density at radius 1 is 1.40 bits per heavy atom. The van der Waals surface area contributed by atoms with Crippen LogP contribution in [0.1, 0.15) is 44.4 Å². The highest BCUT2D eigenvalue weighted by atomic mass is 19.1. The Kier molecular flexibility index (Phi) is 3.50. The van der Waals surface area contributed by atoms with Gasteiger partial charge in [-0.25, -0.2) is 4.39 Å². The van der Waals surface area contributed by atoms with Crippen molar-refractivity contribution in [2.24, 2.45) is 11.1 Å². The molecule has 0 spiro atoms. The number of hydrogen-bond acceptors (Lipinski definition) is 1. The first kappa shape index (κ1) is 12.2. The van der Waals surface area contributed by atoms with E-state index in [0.717, 1.165) is 12.0 Å². The number of hydrogen-bond donors (Lipinski definition) is 1. The summed E-state index contributed by atoms with van der Waals surface area (Å²) in [6, 6.07) is 5.14. The van der Waals surface area contributed by atoms with Gasteiger partial charge in [-0.15, -0.1) is 0 Å². The third-order valence-corrected chi connectivity index (χ3v) is 3.31. The molecule has 84 valence electrons. The van der Waals surface area contributed by atoms with Gasteiger partial charge in [0.25, 0.3) is 0 Å². The van der Waals surface area contributed by atoms with Crippen LogP contribution in [0.3, 0.4) is 0 Å². The maximum atomic E-state index is 13.4. The summed E-state index contributed by atoms with van der Waals surface area (Å²) in [4.78, 5) is 0. The van der Waals surface area contributed by atoms with Gasteiger partial charge in [-0.05, 0) is 36.0 Å². The second-order valence-corrected chi connectivity index (χ2v) is 4.83. The highest BCUT2D eigenvalue weighted by Crippen LogP contribution is 2.34. The highest BCUT2D eigenvalue weighted by Gasteiger charge is 2.25. The van der Waals surface area contributed by atoms with E-state index in [0.29, 0.717) is 5.56 Å². The van der Waals surface area contributed by atoms with Gasteiger partial charge < -0.3 is 5.73 Å². The van der Waals surface area contributed by atoms with E-state index >= 15 is 0 Å². The molecule has 0 bridgehead atoms. The Labute approximate surface area is 91.5 Å². The van der Waals surface area contributed by atoms with Gasteiger partial charge in [-0.1, -0.05) is 32.9 Å². The van der Waals surface area contributed by atoms with Crippen molar-refractivity contribution in [2.75, 3.05) is 0 Å². The van der Waals surface area contributed by atoms with E-state index in [9.17, 15) is 4.39 Å². The molecule has 0 saturated carbocycles. The predicted octanol–water partition coefficient (Wildman–Crippen LogP) is 3.57. The van der Waals surface area contributed by atoms with Crippen LogP contribution >= 0.6 is 0 Å². The SMILES string of the molecule is CCC(C)(C)C(N)c1ccc(C)c(F)c1. The van der Waals surface area contributed by atoms with E-state index in [2.05, 4.69) is 20.8 Å². The normalized spacial score (nSPS) is 14.0. The first-order chi connectivity index (χ1) is 6.88. The molecule has 0 aliphatic heterocycles. The first-order valence-electron chi connectivity index (χ1n) is 5.40. The van der Waals surface area contributed by atoms with Crippen molar-refractivity contribution in [1.29, 1.82) is 0 Å². The quantitative estimate of drug-likeness (QED) is 0.809. The molecule has 0 fully saturated rings. The highest BCUT2D eigenvalue weighted by molar-refractivity contribution is 5.26. The second kappa shape index (κ2) is 4.31. The van der Waals surface area contributed by atoms with Crippen LogP contribution in [0.25, 0.3) is 0 Å². The van der Waals surface area contributed by atoms with E-state index in [1.165, 1.54) is 0 Å². The fourth-order valence-electron chi connectivity index (χ4n) is 1.47. The lowest BCUT2D eigenvalue weighted by molar-refractivity contribution is 0.278. The largest absolute Gasteiger partial charge is 0.324 e. The van der Waals surface area contributed by atoms with Gasteiger partial charge in [0.2, 0.25) is 0 Å². The van der Waals surface area contributed by atoms with Crippen molar-refractivity contribution in [1.82, 2.24) is 0 Å². The molecule has 1 unspecified atom stereocenters. The van der Waals surface area contributed by atoms with Crippen molar-refractivity contribution < 1.29 is 4.39 Å². The third-order valence-electron chi connectivity index (χ3n) is 3.31. The maximum absolute atomic E-state index is 13.4. The molecule has 1 rings (SSSR count). The van der Waals surface area contributed by atoms with Gasteiger partial charge in [-0.3, -0.25) is 0 Å². The lowest BCUT2D eigenvalue weighted by Crippen LogP contribution is -2.28. The number of rotatable bonds is 3. The molecular formula is C13H20FN. The topological polar surface area (TPSA) is 26.0 Å². The Balaban J connectivity index is 3.02. The zero-order chi connectivity index (χ0) is 11.6. The molecule has 1 atom stereocenters. The number of aryl methyl sites for hydroxylation is 1. The molecular weight excluding hydrogens is 189 g/mol. The van der Waals surface area contributed by atoms with Gasteiger partial charge in [0, 0.05) is 6.04 Å². The van der Waals surface area contributed by atoms with E-state index < -0.39 is 0 Å². The van der Waals surface area contributed by atoms with Crippen LogP contribution in [0.4, 0.5) is 4.39 Å². The summed E-state index contributed by atoms with van der Waals surface area (Å²) in [6.07, 6.45) is 0.976. The number of benzene rings is 1. The molecule has 0 amide bonds. The van der Waals surface area contributed by atoms with Crippen molar-refractivity contribution in [3.8, 4) is 0 Å². The Morgan fingerprint density at radius 2 is 2.00 bits per heavy atom. The molecule has 0 heterocycles. The Morgan fingerprint density at radius 3 is 2.47 bits per heavy atom. The summed E-state index contributed by atoms with van der Waals surface area (Å²) >= 11 is 0. The molecule has 0 saturated heterocycles. The van der Waals surface area contributed by atoms with E-state index in [1.807, 2.05) is 6.07 Å². The first-order valence-corrected chi connectivity index (χ1v) is 5.40. The van der Waals surface area contributed by atoms with Gasteiger partial charge >= 0.3 is 0 Å². The summed E-state index contributed by atoms with van der Waals surface area (Å²) in [6.45, 7) is 8.07. The van der Waals surface area contributed by atoms with Crippen LogP contribution < -0.4 is 5.73 Å². The Hall–Kier alpha value is -0.890. The molecule has 0 aliphatic carbocycles. The maximum Gasteiger partial charge on any atom is 0.126 e. The van der Waals surface area contributed by atoms with Crippen LogP contribution in [0, 0.1) is 18.2 Å². The fraction of sp³-hybridized carbons (Fsp3) is 0.538. The van der Waals surface area contributed by atoms with Crippen LogP contribution in [-0.4, -0.2) is 0 Å². The van der Waals surface area contributed by atoms with Gasteiger partial charge in [-0.2, -0.15) is 0 Å². The van der Waals surface area contributed by atoms with E-state index in [4.69, 9.17) is 5.73 Å². The summed E-state index contributed by atoms with van der Waals surface area (Å²) in [5.74, 6) is -0.171. The second-order valence-electron chi connectivity index (χ2n) is 4.83. The van der Waals surface area contributed by atoms with E-state index in [-0.39, 0.29) is 17.3 Å². The lowest BCUT2D eigenvalue weighted by Gasteiger charge is -2.30. The van der Waals surface area contributed by atoms with Crippen molar-refractivity contribution in [3.63, 3.8) is 0 Å². The smallest absolute Gasteiger partial charge is 0.126 e. The van der Waals surface area contributed by atoms with Gasteiger partial charge in [0.05, 0.1) is 0 Å². The van der Waals surface area contributed by atoms with E-state index in [1.54, 1.807) is 19.1 Å². The fourth-order valence-corrected chi connectivity index (χ4v) is 1.47. The molecule has 15 heavy (non-hydrogen) atoms. The predicted molar refractivity (Wildman–Crippen MR) is 62.1 cm³/mol. The van der Waals surface area contributed by atoms with Gasteiger partial charge in [0.1, 0.15) is 5.82 Å². The standard InChI is InChI=1S/C13H20FN/c1-5-13(3,4)12(15)10-7-6-9(2)11(14)8-10/h6-8,12H,5,15H2,1-4H3. The van der Waals surface area contributed by atoms with Crippen LogP contribution in [0.5, 0.6) is 0 Å². The molecule has 0 radical (unpaired) electrons. The number of halogens is 1. The third kappa shape index (κ3) is 2.57. The Bertz CT molecular complexity index is 344. The monoisotopic (exact) mass is 209 g/mol. The molecule has 0 aromatic heterocycles. The van der Waals surface area contributed by atoms with Crippen molar-refractivity contribution in [2.45, 2.75) is 40.2 Å². The minimum Gasteiger partial charge on any atom is -0.324 e. The molecule has 2 heteroatoms.